The number of carbonyl (C=O) groups excluding carboxylic acids is 2. The number of hydrogen-bond acceptors (Lipinski definition) is 4. The Hall–Kier alpha value is -2.15. The number of rotatable bonds is 8. The number of hydrogen-bond donors (Lipinski definition) is 1. The Balaban J connectivity index is 1.45. The molecular weight excluding hydrogens is 352 g/mol. The summed E-state index contributed by atoms with van der Waals surface area (Å²) in [4.78, 5) is 24.2. The molecule has 0 radical (unpaired) electrons. The summed E-state index contributed by atoms with van der Waals surface area (Å²) in [6, 6.07) is 9.48. The monoisotopic (exact) mass is 376 g/mol. The molecule has 0 unspecified atom stereocenters. The first-order valence-corrected chi connectivity index (χ1v) is 10.7. The molecular formula is C19H24N2O4S. The van der Waals surface area contributed by atoms with Crippen molar-refractivity contribution in [3.63, 3.8) is 0 Å². The Morgan fingerprint density at radius 2 is 1.85 bits per heavy atom. The maximum atomic E-state index is 12.5. The molecule has 1 saturated carbocycles. The molecule has 0 aromatic heterocycles. The van der Waals surface area contributed by atoms with E-state index in [0.717, 1.165) is 18.4 Å². The average Bonchev–Trinajstić information content (AvgIpc) is 3.37. The van der Waals surface area contributed by atoms with Crippen molar-refractivity contribution >= 4 is 21.8 Å². The summed E-state index contributed by atoms with van der Waals surface area (Å²) >= 11 is 0. The molecule has 2 aliphatic rings. The Morgan fingerprint density at radius 3 is 2.50 bits per heavy atom. The van der Waals surface area contributed by atoms with E-state index in [1.165, 1.54) is 4.90 Å². The quantitative estimate of drug-likeness (QED) is 0.704. The highest BCUT2D eigenvalue weighted by Gasteiger charge is 2.47. The largest absolute Gasteiger partial charge is 0.324 e. The van der Waals surface area contributed by atoms with Crippen LogP contribution in [0.3, 0.4) is 0 Å². The zero-order valence-electron chi connectivity index (χ0n) is 14.7. The van der Waals surface area contributed by atoms with Gasteiger partial charge < -0.3 is 4.90 Å². The van der Waals surface area contributed by atoms with E-state index in [9.17, 15) is 18.0 Å². The number of benzene rings is 1. The predicted octanol–water partition coefficient (Wildman–Crippen LogP) is 2.02. The lowest BCUT2D eigenvalue weighted by Crippen LogP contribution is -2.49. The first kappa shape index (κ1) is 18.6. The van der Waals surface area contributed by atoms with Crippen molar-refractivity contribution in [2.45, 2.75) is 31.1 Å². The molecule has 1 aliphatic heterocycles. The highest BCUT2D eigenvalue weighted by molar-refractivity contribution is 7.91. The molecule has 1 aromatic carbocycles. The van der Waals surface area contributed by atoms with Crippen molar-refractivity contribution in [2.75, 3.05) is 24.6 Å². The third kappa shape index (κ3) is 4.72. The van der Waals surface area contributed by atoms with Gasteiger partial charge in [-0.3, -0.25) is 10.1 Å². The van der Waals surface area contributed by atoms with Crippen molar-refractivity contribution in [1.82, 2.24) is 10.2 Å². The molecule has 2 fully saturated rings. The fraction of sp³-hybridized carbons (Fsp3) is 0.474. The second-order valence-electron chi connectivity index (χ2n) is 7.05. The summed E-state index contributed by atoms with van der Waals surface area (Å²) in [5.41, 5.74) is 0.923. The molecule has 1 heterocycles. The van der Waals surface area contributed by atoms with Crippen LogP contribution in [-0.4, -0.2) is 49.9 Å². The lowest BCUT2D eigenvalue weighted by atomic mass is 9.99. The van der Waals surface area contributed by atoms with Crippen LogP contribution in [0.25, 0.3) is 0 Å². The van der Waals surface area contributed by atoms with Gasteiger partial charge in [0.2, 0.25) is 5.91 Å². The number of imide groups is 1. The standard InChI is InChI=1S/C19H24N2O4S/c22-17-9-13-21(18(23)20-17)12-5-2-6-14-26(24,25)15-19(10-11-19)16-7-3-1-4-8-16/h1-5,7-8H,6,9-15H2,(H,20,22,23)/b5-2+. The summed E-state index contributed by atoms with van der Waals surface area (Å²) in [6.07, 6.45) is 6.17. The number of nitrogens with one attached hydrogen (secondary N) is 1. The van der Waals surface area contributed by atoms with E-state index in [2.05, 4.69) is 5.32 Å². The second kappa shape index (κ2) is 7.61. The molecule has 1 aliphatic carbocycles. The molecule has 3 rings (SSSR count). The Kier molecular flexibility index (Phi) is 5.46. The number of nitrogens with zero attached hydrogens (tertiary/aromatic N) is 1. The summed E-state index contributed by atoms with van der Waals surface area (Å²) in [6.45, 7) is 0.778. The van der Waals surface area contributed by atoms with Gasteiger partial charge in [-0.15, -0.1) is 0 Å². The van der Waals surface area contributed by atoms with Crippen molar-refractivity contribution in [1.29, 1.82) is 0 Å². The third-order valence-corrected chi connectivity index (χ3v) is 6.82. The van der Waals surface area contributed by atoms with E-state index < -0.39 is 15.9 Å². The lowest BCUT2D eigenvalue weighted by Gasteiger charge is -2.25. The van der Waals surface area contributed by atoms with Crippen LogP contribution in [0.15, 0.2) is 42.5 Å². The molecule has 3 amide bonds. The fourth-order valence-electron chi connectivity index (χ4n) is 3.29. The van der Waals surface area contributed by atoms with Crippen molar-refractivity contribution < 1.29 is 18.0 Å². The highest BCUT2D eigenvalue weighted by Crippen LogP contribution is 2.49. The topological polar surface area (TPSA) is 83.6 Å². The van der Waals surface area contributed by atoms with Gasteiger partial charge in [-0.05, 0) is 24.8 Å². The van der Waals surface area contributed by atoms with E-state index in [0.29, 0.717) is 25.9 Å². The zero-order chi connectivity index (χ0) is 18.6. The molecule has 140 valence electrons. The third-order valence-electron chi connectivity index (χ3n) is 4.97. The van der Waals surface area contributed by atoms with Gasteiger partial charge in [0, 0.05) is 24.9 Å². The lowest BCUT2D eigenvalue weighted by molar-refractivity contribution is -0.121. The Morgan fingerprint density at radius 1 is 1.12 bits per heavy atom. The predicted molar refractivity (Wildman–Crippen MR) is 99.5 cm³/mol. The number of allylic oxidation sites excluding steroid dienone is 1. The fourth-order valence-corrected chi connectivity index (χ4v) is 5.23. The van der Waals surface area contributed by atoms with E-state index in [-0.39, 0.29) is 22.8 Å². The van der Waals surface area contributed by atoms with Crippen molar-refractivity contribution in [2.24, 2.45) is 0 Å². The van der Waals surface area contributed by atoms with Crippen LogP contribution in [0.4, 0.5) is 4.79 Å². The maximum absolute atomic E-state index is 12.5. The summed E-state index contributed by atoms with van der Waals surface area (Å²) < 4.78 is 24.9. The SMILES string of the molecule is O=C1CCN(C/C=C/CCS(=O)(=O)CC2(c3ccccc3)CC2)C(=O)N1. The van der Waals surface area contributed by atoms with E-state index in [1.807, 2.05) is 30.3 Å². The first-order valence-electron chi connectivity index (χ1n) is 8.90. The minimum Gasteiger partial charge on any atom is -0.320 e. The van der Waals surface area contributed by atoms with Gasteiger partial charge in [-0.1, -0.05) is 42.5 Å². The molecule has 0 spiro atoms. The number of carbonyl (C=O) groups is 2. The molecule has 26 heavy (non-hydrogen) atoms. The van der Waals surface area contributed by atoms with E-state index in [4.69, 9.17) is 0 Å². The number of sulfone groups is 1. The van der Waals surface area contributed by atoms with Crippen LogP contribution in [0.2, 0.25) is 0 Å². The van der Waals surface area contributed by atoms with Gasteiger partial charge >= 0.3 is 6.03 Å². The highest BCUT2D eigenvalue weighted by atomic mass is 32.2. The zero-order valence-corrected chi connectivity index (χ0v) is 15.5. The minimum atomic E-state index is -3.14. The molecule has 1 N–H and O–H groups in total. The average molecular weight is 376 g/mol. The molecule has 0 atom stereocenters. The van der Waals surface area contributed by atoms with Crippen molar-refractivity contribution in [3.05, 3.63) is 48.0 Å². The van der Waals surface area contributed by atoms with Crippen LogP contribution in [0, 0.1) is 0 Å². The smallest absolute Gasteiger partial charge is 0.320 e. The van der Waals surface area contributed by atoms with Gasteiger partial charge in [0.15, 0.2) is 9.84 Å². The Labute approximate surface area is 154 Å². The number of amides is 3. The van der Waals surface area contributed by atoms with Gasteiger partial charge in [-0.25, -0.2) is 13.2 Å². The van der Waals surface area contributed by atoms with Gasteiger partial charge in [-0.2, -0.15) is 0 Å². The van der Waals surface area contributed by atoms with E-state index in [1.54, 1.807) is 12.2 Å². The van der Waals surface area contributed by atoms with Crippen LogP contribution in [0.1, 0.15) is 31.2 Å². The van der Waals surface area contributed by atoms with Gasteiger partial charge in [0.1, 0.15) is 0 Å². The van der Waals surface area contributed by atoms with Gasteiger partial charge in [0.25, 0.3) is 0 Å². The molecule has 6 nitrogen and oxygen atoms in total. The van der Waals surface area contributed by atoms with E-state index >= 15 is 0 Å². The summed E-state index contributed by atoms with van der Waals surface area (Å²) in [5.74, 6) is 0.0609. The Bertz CT molecular complexity index is 798. The minimum absolute atomic E-state index is 0.114. The van der Waals surface area contributed by atoms with Gasteiger partial charge in [0.05, 0.1) is 11.5 Å². The number of urea groups is 1. The normalized spacial score (nSPS) is 19.6. The summed E-state index contributed by atoms with van der Waals surface area (Å²) in [7, 11) is -3.14. The first-order chi connectivity index (χ1) is 12.4. The molecule has 1 aromatic rings. The maximum Gasteiger partial charge on any atom is 0.324 e. The second-order valence-corrected chi connectivity index (χ2v) is 9.23. The van der Waals surface area contributed by atoms with Crippen molar-refractivity contribution in [3.8, 4) is 0 Å². The van der Waals surface area contributed by atoms with Crippen LogP contribution in [-0.2, 0) is 20.0 Å². The summed E-state index contributed by atoms with van der Waals surface area (Å²) in [5, 5.41) is 2.26. The van der Waals surface area contributed by atoms with Crippen LogP contribution >= 0.6 is 0 Å². The molecule has 0 bridgehead atoms. The van der Waals surface area contributed by atoms with Crippen LogP contribution < -0.4 is 5.32 Å². The molecule has 7 heteroatoms. The van der Waals surface area contributed by atoms with Crippen LogP contribution in [0.5, 0.6) is 0 Å². The molecule has 1 saturated heterocycles.